The van der Waals surface area contributed by atoms with E-state index in [1.165, 1.54) is 11.1 Å². The van der Waals surface area contributed by atoms with Gasteiger partial charge in [-0.05, 0) is 32.3 Å². The van der Waals surface area contributed by atoms with Crippen LogP contribution >= 0.6 is 0 Å². The summed E-state index contributed by atoms with van der Waals surface area (Å²) in [6.07, 6.45) is 0. The van der Waals surface area contributed by atoms with E-state index in [-0.39, 0.29) is 0 Å². The van der Waals surface area contributed by atoms with Gasteiger partial charge in [0.2, 0.25) is 0 Å². The minimum Gasteiger partial charge on any atom is -0.312 e. The normalized spacial score (nSPS) is 7.73. The second kappa shape index (κ2) is 21.7. The van der Waals surface area contributed by atoms with Gasteiger partial charge in [0, 0.05) is 0 Å². The minimum atomic E-state index is 1.28. The molecule has 0 fully saturated rings. The summed E-state index contributed by atoms with van der Waals surface area (Å²) in [5, 5.41) is 0. The summed E-state index contributed by atoms with van der Waals surface area (Å²) in [6, 6.07) is 20.8. The molecule has 2 aromatic rings. The summed E-state index contributed by atoms with van der Waals surface area (Å²) in [4.78, 5) is 2.00. The fourth-order valence-electron chi connectivity index (χ4n) is 1.26. The van der Waals surface area contributed by atoms with Crippen LogP contribution in [0.1, 0.15) is 41.5 Å². The zero-order chi connectivity index (χ0) is 17.8. The Bertz CT molecular complexity index is 339. The molecule has 0 aliphatic rings. The first kappa shape index (κ1) is 25.4. The van der Waals surface area contributed by atoms with Crippen LogP contribution in [0.2, 0.25) is 0 Å². The second-order valence-electron chi connectivity index (χ2n) is 4.07. The molecule has 0 unspecified atom stereocenters. The van der Waals surface area contributed by atoms with Gasteiger partial charge < -0.3 is 4.90 Å². The Morgan fingerprint density at radius 2 is 0.636 bits per heavy atom. The average Bonchev–Trinajstić information content (AvgIpc) is 2.61. The largest absolute Gasteiger partial charge is 0.312 e. The Labute approximate surface area is 140 Å². The quantitative estimate of drug-likeness (QED) is 0.573. The number of hydrogen-bond acceptors (Lipinski definition) is 1. The number of benzene rings is 2. The van der Waals surface area contributed by atoms with Crippen molar-refractivity contribution in [3.8, 4) is 11.1 Å². The third-order valence-electron chi connectivity index (χ3n) is 1.88. The van der Waals surface area contributed by atoms with E-state index >= 15 is 0 Å². The topological polar surface area (TPSA) is 3.24 Å². The van der Waals surface area contributed by atoms with E-state index in [0.717, 1.165) is 0 Å². The van der Waals surface area contributed by atoms with Gasteiger partial charge in [-0.15, -0.1) is 0 Å². The Kier molecular flexibility index (Phi) is 25.0. The van der Waals surface area contributed by atoms with E-state index in [9.17, 15) is 0 Å². The third-order valence-corrected chi connectivity index (χ3v) is 1.88. The van der Waals surface area contributed by atoms with Gasteiger partial charge in [0.1, 0.15) is 0 Å². The van der Waals surface area contributed by atoms with Gasteiger partial charge in [-0.2, -0.15) is 0 Å². The van der Waals surface area contributed by atoms with Crippen molar-refractivity contribution >= 4 is 0 Å². The van der Waals surface area contributed by atoms with E-state index < -0.39 is 0 Å². The van der Waals surface area contributed by atoms with E-state index in [0.29, 0.717) is 0 Å². The molecule has 0 spiro atoms. The maximum absolute atomic E-state index is 2.12. The van der Waals surface area contributed by atoms with Crippen molar-refractivity contribution in [3.63, 3.8) is 0 Å². The second-order valence-corrected chi connectivity index (χ2v) is 4.07. The fraction of sp³-hybridized carbons (Fsp3) is 0.429. The molecule has 0 N–H and O–H groups in total. The smallest absolute Gasteiger partial charge is 0.0140 e. The van der Waals surface area contributed by atoms with Crippen LogP contribution in [0, 0.1) is 0 Å². The summed E-state index contributed by atoms with van der Waals surface area (Å²) in [5.41, 5.74) is 2.55. The minimum absolute atomic E-state index is 1.28. The van der Waals surface area contributed by atoms with Crippen LogP contribution in [-0.2, 0) is 0 Å². The molecular weight excluding hydrogens is 266 g/mol. The van der Waals surface area contributed by atoms with Crippen molar-refractivity contribution in [2.45, 2.75) is 41.5 Å². The predicted octanol–water partition coefficient (Wildman–Crippen LogP) is 6.61. The fourth-order valence-corrected chi connectivity index (χ4v) is 1.26. The Morgan fingerprint density at radius 3 is 0.818 bits per heavy atom. The Morgan fingerprint density at radius 1 is 0.455 bits per heavy atom. The summed E-state index contributed by atoms with van der Waals surface area (Å²) in [6.45, 7) is 12.0. The van der Waals surface area contributed by atoms with Crippen molar-refractivity contribution in [2.75, 3.05) is 21.1 Å². The summed E-state index contributed by atoms with van der Waals surface area (Å²) in [5.74, 6) is 0. The molecule has 0 amide bonds. The molecule has 0 saturated heterocycles. The molecule has 0 aliphatic carbocycles. The standard InChI is InChI=1S/C12H10.C3H9N.3C2H6/c1-3-7-11(8-4-1)12-9-5-2-6-10-12;1-4(2)3;3*1-2/h1-10H;1-3H3;3*1-2H3. The lowest BCUT2D eigenvalue weighted by atomic mass is 10.1. The molecule has 1 heteroatoms. The Balaban J connectivity index is -0.000000307. The summed E-state index contributed by atoms with van der Waals surface area (Å²) < 4.78 is 0. The molecule has 0 aliphatic heterocycles. The molecule has 0 bridgehead atoms. The number of nitrogens with zero attached hydrogens (tertiary/aromatic N) is 1. The van der Waals surface area contributed by atoms with Gasteiger partial charge in [0.25, 0.3) is 0 Å². The van der Waals surface area contributed by atoms with E-state index in [4.69, 9.17) is 0 Å². The zero-order valence-corrected chi connectivity index (χ0v) is 16.2. The van der Waals surface area contributed by atoms with Crippen molar-refractivity contribution in [2.24, 2.45) is 0 Å². The molecule has 0 radical (unpaired) electrons. The van der Waals surface area contributed by atoms with Crippen LogP contribution in [0.5, 0.6) is 0 Å². The highest BCUT2D eigenvalue weighted by atomic mass is 15.0. The van der Waals surface area contributed by atoms with Crippen molar-refractivity contribution in [3.05, 3.63) is 60.7 Å². The SMILES string of the molecule is CC.CC.CC.CN(C)C.c1ccc(-c2ccccc2)cc1. The molecule has 0 atom stereocenters. The molecule has 2 rings (SSSR count). The van der Waals surface area contributed by atoms with Crippen molar-refractivity contribution in [1.82, 2.24) is 4.90 Å². The van der Waals surface area contributed by atoms with Crippen LogP contribution in [0.15, 0.2) is 60.7 Å². The lowest BCUT2D eigenvalue weighted by molar-refractivity contribution is 0.505. The highest BCUT2D eigenvalue weighted by Gasteiger charge is 1.91. The van der Waals surface area contributed by atoms with Crippen molar-refractivity contribution < 1.29 is 0 Å². The molecule has 22 heavy (non-hydrogen) atoms. The van der Waals surface area contributed by atoms with E-state index in [2.05, 4.69) is 48.5 Å². The van der Waals surface area contributed by atoms with Gasteiger partial charge in [-0.3, -0.25) is 0 Å². The van der Waals surface area contributed by atoms with E-state index in [1.54, 1.807) is 0 Å². The third kappa shape index (κ3) is 16.5. The highest BCUT2D eigenvalue weighted by molar-refractivity contribution is 5.62. The molecule has 2 aromatic carbocycles. The predicted molar refractivity (Wildman–Crippen MR) is 106 cm³/mol. The lowest BCUT2D eigenvalue weighted by Crippen LogP contribution is -1.99. The lowest BCUT2D eigenvalue weighted by Gasteiger charge is -1.98. The van der Waals surface area contributed by atoms with Crippen molar-refractivity contribution in [1.29, 1.82) is 0 Å². The first-order valence-corrected chi connectivity index (χ1v) is 8.41. The van der Waals surface area contributed by atoms with Gasteiger partial charge in [0.15, 0.2) is 0 Å². The molecule has 0 saturated carbocycles. The first-order chi connectivity index (χ1) is 10.7. The average molecular weight is 304 g/mol. The molecule has 1 nitrogen and oxygen atoms in total. The molecular formula is C21H37N. The van der Waals surface area contributed by atoms with Crippen LogP contribution in [0.4, 0.5) is 0 Å². The Hall–Kier alpha value is -1.60. The first-order valence-electron chi connectivity index (χ1n) is 8.41. The highest BCUT2D eigenvalue weighted by Crippen LogP contribution is 2.17. The van der Waals surface area contributed by atoms with Gasteiger partial charge in [0.05, 0.1) is 0 Å². The van der Waals surface area contributed by atoms with Crippen LogP contribution in [0.3, 0.4) is 0 Å². The monoisotopic (exact) mass is 303 g/mol. The summed E-state index contributed by atoms with van der Waals surface area (Å²) >= 11 is 0. The van der Waals surface area contributed by atoms with Crippen LogP contribution < -0.4 is 0 Å². The van der Waals surface area contributed by atoms with E-state index in [1.807, 2.05) is 79.7 Å². The van der Waals surface area contributed by atoms with Gasteiger partial charge >= 0.3 is 0 Å². The van der Waals surface area contributed by atoms with Gasteiger partial charge in [-0.25, -0.2) is 0 Å². The molecule has 0 aromatic heterocycles. The molecule has 126 valence electrons. The van der Waals surface area contributed by atoms with Crippen LogP contribution in [-0.4, -0.2) is 26.0 Å². The summed E-state index contributed by atoms with van der Waals surface area (Å²) in [7, 11) is 6.00. The zero-order valence-electron chi connectivity index (χ0n) is 16.2. The number of hydrogen-bond donors (Lipinski definition) is 0. The van der Waals surface area contributed by atoms with Crippen LogP contribution in [0.25, 0.3) is 11.1 Å². The number of rotatable bonds is 1. The van der Waals surface area contributed by atoms with Gasteiger partial charge in [-0.1, -0.05) is 102 Å². The molecule has 0 heterocycles. The maximum Gasteiger partial charge on any atom is -0.0140 e. The maximum atomic E-state index is 2.12.